The van der Waals surface area contributed by atoms with Gasteiger partial charge in [-0.3, -0.25) is 28.8 Å². The average Bonchev–Trinajstić information content (AvgIpc) is 4.09. The average molecular weight is 778 g/mol. The molecule has 55 heavy (non-hydrogen) atoms. The Morgan fingerprint density at radius 3 is 2.44 bits per heavy atom. The van der Waals surface area contributed by atoms with Crippen LogP contribution in [0.2, 0.25) is 0 Å². The summed E-state index contributed by atoms with van der Waals surface area (Å²) < 4.78 is 39.9. The zero-order valence-corrected chi connectivity index (χ0v) is 32.5. The molecule has 2 saturated heterocycles. The van der Waals surface area contributed by atoms with E-state index in [1.165, 1.54) is 15.9 Å². The van der Waals surface area contributed by atoms with Crippen LogP contribution in [0.15, 0.2) is 61.2 Å². The number of amides is 5. The minimum absolute atomic E-state index is 0.0605. The Labute approximate surface area is 322 Å². The van der Waals surface area contributed by atoms with Gasteiger partial charge in [-0.15, -0.1) is 6.58 Å². The monoisotopic (exact) mass is 777 g/mol. The number of nitrogens with one attached hydrogen (secondary N) is 2. The van der Waals surface area contributed by atoms with Crippen LogP contribution in [0.4, 0.5) is 10.5 Å². The van der Waals surface area contributed by atoms with Crippen molar-refractivity contribution in [2.75, 3.05) is 24.5 Å². The van der Waals surface area contributed by atoms with Crippen molar-refractivity contribution in [1.82, 2.24) is 19.8 Å². The van der Waals surface area contributed by atoms with Gasteiger partial charge in [-0.2, -0.15) is 0 Å². The molecule has 2 saturated carbocycles. The third kappa shape index (κ3) is 7.76. The SMILES string of the molecule is C=CC1C[C@]1(NC(=O)[C@@H]1C[C@@H](OC(=O)N2c3ccccc3OC3C=CC=CC32)CN1C(=O)[C@@H](CC(=O)N1CCCCC1)C(C)(C)C)C(=O)NS(=O)(=O)C1CC1. The molecular weight excluding hydrogens is 727 g/mol. The third-order valence-electron chi connectivity index (χ3n) is 11.7. The summed E-state index contributed by atoms with van der Waals surface area (Å²) >= 11 is 0. The smallest absolute Gasteiger partial charge is 0.415 e. The molecule has 3 aliphatic heterocycles. The number of carbonyl (C=O) groups excluding carboxylic acids is 5. The Bertz CT molecular complexity index is 1910. The lowest BCUT2D eigenvalue weighted by Crippen LogP contribution is -2.57. The fourth-order valence-corrected chi connectivity index (χ4v) is 9.57. The zero-order chi connectivity index (χ0) is 39.3. The van der Waals surface area contributed by atoms with Crippen molar-refractivity contribution in [2.24, 2.45) is 17.3 Å². The highest BCUT2D eigenvalue weighted by atomic mass is 32.2. The lowest BCUT2D eigenvalue weighted by molar-refractivity contribution is -0.148. The van der Waals surface area contributed by atoms with E-state index in [0.29, 0.717) is 37.4 Å². The standard InChI is InChI=1S/C40H51N5O9S/c1-5-25-23-40(25,37(49)42-55(51,52)27-17-18-27)41-35(47)31-21-26(24-44(31)36(48)28(39(2,3)4)22-34(46)43-19-11-6-12-20-43)53-38(50)45-29-13-7-9-15-32(29)54-33-16-10-8-14-30(33)45/h5,7-10,13-16,25-29,31-32H,1,6,11-12,17-24H2,2-4H3,(H,41,47)(H,42,49)/t25?,26-,28-,29?,31+,32?,40-/m1/s1. The van der Waals surface area contributed by atoms with Crippen molar-refractivity contribution in [3.8, 4) is 5.75 Å². The highest BCUT2D eigenvalue weighted by Gasteiger charge is 2.62. The Hall–Kier alpha value is -4.66. The number of para-hydroxylation sites is 2. The van der Waals surface area contributed by atoms with Gasteiger partial charge in [-0.25, -0.2) is 13.2 Å². The van der Waals surface area contributed by atoms with E-state index in [4.69, 9.17) is 9.47 Å². The van der Waals surface area contributed by atoms with Crippen LogP contribution in [0.25, 0.3) is 0 Å². The fourth-order valence-electron chi connectivity index (χ4n) is 8.20. The summed E-state index contributed by atoms with van der Waals surface area (Å²) in [5.74, 6) is -2.98. The summed E-state index contributed by atoms with van der Waals surface area (Å²) in [5.41, 5.74) is -1.75. The summed E-state index contributed by atoms with van der Waals surface area (Å²) in [6.45, 7) is 10.5. The third-order valence-corrected chi connectivity index (χ3v) is 13.6. The molecule has 0 aromatic heterocycles. The van der Waals surface area contributed by atoms with E-state index >= 15 is 0 Å². The fraction of sp³-hybridized carbons (Fsp3) is 0.575. The van der Waals surface area contributed by atoms with Crippen LogP contribution in [0, 0.1) is 17.3 Å². The second-order valence-corrected chi connectivity index (χ2v) is 18.6. The highest BCUT2D eigenvalue weighted by molar-refractivity contribution is 7.91. The van der Waals surface area contributed by atoms with Gasteiger partial charge >= 0.3 is 6.09 Å². The van der Waals surface area contributed by atoms with Crippen molar-refractivity contribution in [3.63, 3.8) is 0 Å². The normalized spacial score (nSPS) is 28.9. The molecule has 0 spiro atoms. The van der Waals surface area contributed by atoms with Crippen molar-refractivity contribution >= 4 is 45.4 Å². The molecule has 3 unspecified atom stereocenters. The molecule has 1 aromatic rings. The second-order valence-electron chi connectivity index (χ2n) is 16.7. The highest BCUT2D eigenvalue weighted by Crippen LogP contribution is 2.46. The van der Waals surface area contributed by atoms with Gasteiger partial charge in [-0.05, 0) is 62.1 Å². The zero-order valence-electron chi connectivity index (χ0n) is 31.6. The van der Waals surface area contributed by atoms with E-state index in [-0.39, 0.29) is 31.7 Å². The molecule has 3 heterocycles. The Kier molecular flexibility index (Phi) is 10.4. The van der Waals surface area contributed by atoms with E-state index < -0.39 is 86.2 Å². The molecule has 15 heteroatoms. The summed E-state index contributed by atoms with van der Waals surface area (Å²) in [5, 5.41) is 2.14. The van der Waals surface area contributed by atoms with Crippen LogP contribution >= 0.6 is 0 Å². The minimum Gasteiger partial charge on any atom is -0.482 e. The summed E-state index contributed by atoms with van der Waals surface area (Å²) in [6, 6.07) is 5.41. The molecule has 0 radical (unpaired) electrons. The van der Waals surface area contributed by atoms with Gasteiger partial charge in [-0.1, -0.05) is 57.2 Å². The van der Waals surface area contributed by atoms with Gasteiger partial charge in [0.25, 0.3) is 5.91 Å². The summed E-state index contributed by atoms with van der Waals surface area (Å²) in [4.78, 5) is 75.1. The molecule has 1 aromatic carbocycles. The van der Waals surface area contributed by atoms with E-state index in [1.54, 1.807) is 23.1 Å². The number of benzene rings is 1. The number of rotatable bonds is 10. The van der Waals surface area contributed by atoms with E-state index in [0.717, 1.165) is 19.3 Å². The molecular formula is C40H51N5O9S. The van der Waals surface area contributed by atoms with Crippen LogP contribution in [0.5, 0.6) is 5.75 Å². The number of allylic oxidation sites excluding steroid dienone is 2. The maximum absolute atomic E-state index is 14.7. The van der Waals surface area contributed by atoms with Crippen LogP contribution in [0.3, 0.4) is 0 Å². The van der Waals surface area contributed by atoms with Crippen molar-refractivity contribution in [2.45, 2.75) is 107 Å². The molecule has 5 amide bonds. The number of fused-ring (bicyclic) bond motifs is 2. The largest absolute Gasteiger partial charge is 0.482 e. The second kappa shape index (κ2) is 14.8. The quantitative estimate of drug-likeness (QED) is 0.337. The number of ether oxygens (including phenoxy) is 2. The first-order valence-electron chi connectivity index (χ1n) is 19.3. The molecule has 14 nitrogen and oxygen atoms in total. The predicted molar refractivity (Wildman–Crippen MR) is 203 cm³/mol. The molecule has 6 aliphatic rings. The van der Waals surface area contributed by atoms with Gasteiger partial charge in [0.1, 0.15) is 29.5 Å². The maximum Gasteiger partial charge on any atom is 0.415 e. The van der Waals surface area contributed by atoms with Crippen molar-refractivity contribution in [1.29, 1.82) is 0 Å². The minimum atomic E-state index is -3.92. The van der Waals surface area contributed by atoms with Gasteiger partial charge in [0.05, 0.1) is 29.4 Å². The Balaban J connectivity index is 1.16. The number of likely N-dealkylation sites (tertiary alicyclic amines) is 2. The first-order chi connectivity index (χ1) is 26.1. The van der Waals surface area contributed by atoms with Gasteiger partial charge in [0.2, 0.25) is 27.7 Å². The molecule has 4 fully saturated rings. The molecule has 0 bridgehead atoms. The van der Waals surface area contributed by atoms with Gasteiger partial charge in [0, 0.05) is 31.8 Å². The van der Waals surface area contributed by atoms with Crippen LogP contribution in [0.1, 0.15) is 72.1 Å². The Morgan fingerprint density at radius 1 is 1.05 bits per heavy atom. The molecule has 296 valence electrons. The molecule has 7 rings (SSSR count). The molecule has 7 atom stereocenters. The van der Waals surface area contributed by atoms with E-state index in [1.807, 2.05) is 51.1 Å². The summed E-state index contributed by atoms with van der Waals surface area (Å²) in [7, 11) is -3.92. The predicted octanol–water partition coefficient (Wildman–Crippen LogP) is 3.59. The number of sulfonamides is 1. The number of anilines is 1. The van der Waals surface area contributed by atoms with Crippen LogP contribution < -0.4 is 19.7 Å². The number of hydrogen-bond donors (Lipinski definition) is 2. The topological polar surface area (TPSA) is 172 Å². The van der Waals surface area contributed by atoms with Crippen LogP contribution in [-0.4, -0.2) is 103 Å². The van der Waals surface area contributed by atoms with Gasteiger partial charge < -0.3 is 24.6 Å². The first kappa shape index (κ1) is 38.6. The maximum atomic E-state index is 14.7. The molecule has 3 aliphatic carbocycles. The van der Waals surface area contributed by atoms with Gasteiger partial charge in [0.15, 0.2) is 0 Å². The number of piperidine rings is 1. The van der Waals surface area contributed by atoms with E-state index in [9.17, 15) is 32.4 Å². The first-order valence-corrected chi connectivity index (χ1v) is 20.9. The lowest BCUT2D eigenvalue weighted by Gasteiger charge is -2.40. The van der Waals surface area contributed by atoms with Crippen LogP contribution in [-0.2, 0) is 33.9 Å². The Morgan fingerprint density at radius 2 is 1.76 bits per heavy atom. The number of hydrogen-bond acceptors (Lipinski definition) is 9. The summed E-state index contributed by atoms with van der Waals surface area (Å²) in [6.07, 6.45) is 10.5. The number of carbonyl (C=O) groups is 5. The molecule has 2 N–H and O–H groups in total. The van der Waals surface area contributed by atoms with Crippen molar-refractivity contribution in [3.05, 3.63) is 61.2 Å². The lowest BCUT2D eigenvalue weighted by atomic mass is 9.77. The number of nitrogens with zero attached hydrogens (tertiary/aromatic N) is 3. The van der Waals surface area contributed by atoms with E-state index in [2.05, 4.69) is 16.6 Å². The van der Waals surface area contributed by atoms with Crippen molar-refractivity contribution < 1.29 is 41.9 Å².